The maximum Gasteiger partial charge on any atom is 0.241 e. The van der Waals surface area contributed by atoms with E-state index in [1.165, 1.54) is 0 Å². The van der Waals surface area contributed by atoms with Crippen LogP contribution in [-0.4, -0.2) is 20.1 Å². The molecule has 0 aromatic heterocycles. The number of aryl methyl sites for hydroxylation is 2. The number of aliphatic hydroxyl groups excluding tert-OH is 1. The fraction of sp³-hybridized carbons (Fsp3) is 0.200. The number of hydrogen-bond acceptors (Lipinski definition) is 3. The van der Waals surface area contributed by atoms with Crippen molar-refractivity contribution in [2.45, 2.75) is 24.8 Å². The second-order valence-corrected chi connectivity index (χ2v) is 7.86. The van der Waals surface area contributed by atoms with Crippen LogP contribution in [0.15, 0.2) is 65.6 Å². The molecule has 5 heteroatoms. The first kappa shape index (κ1) is 17.6. The van der Waals surface area contributed by atoms with Gasteiger partial charge in [0.05, 0.1) is 11.0 Å². The molecule has 0 fully saturated rings. The van der Waals surface area contributed by atoms with E-state index in [1.807, 2.05) is 48.5 Å². The summed E-state index contributed by atoms with van der Waals surface area (Å²) in [6.45, 7) is 3.45. The van der Waals surface area contributed by atoms with Gasteiger partial charge in [0.1, 0.15) is 0 Å². The number of hydrogen-bond donors (Lipinski definition) is 2. The number of sulfonamides is 1. The summed E-state index contributed by atoms with van der Waals surface area (Å²) in [6, 6.07) is 18.7. The van der Waals surface area contributed by atoms with Gasteiger partial charge in [-0.1, -0.05) is 60.7 Å². The minimum Gasteiger partial charge on any atom is -0.387 e. The van der Waals surface area contributed by atoms with Crippen LogP contribution in [0.4, 0.5) is 0 Å². The van der Waals surface area contributed by atoms with Crippen LogP contribution in [0.25, 0.3) is 10.8 Å². The van der Waals surface area contributed by atoms with E-state index in [2.05, 4.69) is 4.72 Å². The standard InChI is InChI=1S/C20H21NO3S/c1-14-7-5-8-15(2)20(14)25(23,24)21-13-19(22)18-12-6-10-16-9-3-4-11-17(16)18/h3-12,19,21-22H,13H2,1-2H3. The third kappa shape index (κ3) is 3.58. The van der Waals surface area contributed by atoms with Gasteiger partial charge in [-0.2, -0.15) is 0 Å². The highest BCUT2D eigenvalue weighted by atomic mass is 32.2. The van der Waals surface area contributed by atoms with Gasteiger partial charge >= 0.3 is 0 Å². The summed E-state index contributed by atoms with van der Waals surface area (Å²) in [5.74, 6) is 0. The first-order valence-electron chi connectivity index (χ1n) is 8.12. The van der Waals surface area contributed by atoms with Crippen LogP contribution in [0.2, 0.25) is 0 Å². The van der Waals surface area contributed by atoms with Gasteiger partial charge in [0, 0.05) is 6.54 Å². The van der Waals surface area contributed by atoms with E-state index in [1.54, 1.807) is 26.0 Å². The number of aliphatic hydroxyl groups is 1. The number of rotatable bonds is 5. The Morgan fingerprint density at radius 3 is 2.24 bits per heavy atom. The number of benzene rings is 3. The molecule has 3 rings (SSSR count). The Hall–Kier alpha value is -2.21. The molecule has 0 aliphatic carbocycles. The van der Waals surface area contributed by atoms with Crippen LogP contribution < -0.4 is 4.72 Å². The molecule has 2 N–H and O–H groups in total. The zero-order valence-electron chi connectivity index (χ0n) is 14.2. The van der Waals surface area contributed by atoms with E-state index in [9.17, 15) is 13.5 Å². The molecule has 0 amide bonds. The van der Waals surface area contributed by atoms with Crippen molar-refractivity contribution < 1.29 is 13.5 Å². The van der Waals surface area contributed by atoms with Gasteiger partial charge in [-0.3, -0.25) is 0 Å². The molecule has 4 nitrogen and oxygen atoms in total. The monoisotopic (exact) mass is 355 g/mol. The Balaban J connectivity index is 1.85. The minimum absolute atomic E-state index is 0.0793. The Labute approximate surface area is 148 Å². The SMILES string of the molecule is Cc1cccc(C)c1S(=O)(=O)NCC(O)c1cccc2ccccc12. The van der Waals surface area contributed by atoms with Crippen LogP contribution in [0.3, 0.4) is 0 Å². The quantitative estimate of drug-likeness (QED) is 0.736. The van der Waals surface area contributed by atoms with Gasteiger partial charge < -0.3 is 5.11 Å². The van der Waals surface area contributed by atoms with E-state index >= 15 is 0 Å². The molecule has 3 aromatic rings. The summed E-state index contributed by atoms with van der Waals surface area (Å²) in [5.41, 5.74) is 2.08. The van der Waals surface area contributed by atoms with Crippen molar-refractivity contribution in [3.05, 3.63) is 77.4 Å². The second kappa shape index (κ2) is 6.96. The van der Waals surface area contributed by atoms with Crippen LogP contribution in [0.5, 0.6) is 0 Å². The molecule has 0 saturated carbocycles. The fourth-order valence-corrected chi connectivity index (χ4v) is 4.64. The number of fused-ring (bicyclic) bond motifs is 1. The van der Waals surface area contributed by atoms with E-state index in [-0.39, 0.29) is 11.4 Å². The molecule has 130 valence electrons. The van der Waals surface area contributed by atoms with Crippen LogP contribution in [0, 0.1) is 13.8 Å². The van der Waals surface area contributed by atoms with Gasteiger partial charge in [0.2, 0.25) is 10.0 Å². The molecule has 0 radical (unpaired) electrons. The normalized spacial score (nSPS) is 13.1. The molecule has 0 saturated heterocycles. The van der Waals surface area contributed by atoms with E-state index < -0.39 is 16.1 Å². The zero-order valence-corrected chi connectivity index (χ0v) is 15.0. The highest BCUT2D eigenvalue weighted by Gasteiger charge is 2.21. The van der Waals surface area contributed by atoms with Crippen molar-refractivity contribution >= 4 is 20.8 Å². The summed E-state index contributed by atoms with van der Waals surface area (Å²) in [5, 5.41) is 12.5. The lowest BCUT2D eigenvalue weighted by molar-refractivity contribution is 0.183. The van der Waals surface area contributed by atoms with Crippen molar-refractivity contribution in [3.63, 3.8) is 0 Å². The predicted octanol–water partition coefficient (Wildman–Crippen LogP) is 3.47. The molecular formula is C20H21NO3S. The molecule has 0 bridgehead atoms. The molecule has 1 unspecified atom stereocenters. The van der Waals surface area contributed by atoms with E-state index in [4.69, 9.17) is 0 Å². The van der Waals surface area contributed by atoms with Crippen molar-refractivity contribution in [1.29, 1.82) is 0 Å². The first-order valence-corrected chi connectivity index (χ1v) is 9.60. The third-order valence-corrected chi connectivity index (χ3v) is 6.05. The van der Waals surface area contributed by atoms with Gasteiger partial charge in [-0.15, -0.1) is 0 Å². The molecule has 3 aromatic carbocycles. The average Bonchev–Trinajstić information content (AvgIpc) is 2.59. The molecule has 0 heterocycles. The van der Waals surface area contributed by atoms with E-state index in [0.29, 0.717) is 16.7 Å². The van der Waals surface area contributed by atoms with Crippen LogP contribution >= 0.6 is 0 Å². The zero-order chi connectivity index (χ0) is 18.0. The lowest BCUT2D eigenvalue weighted by Crippen LogP contribution is -2.29. The van der Waals surface area contributed by atoms with Crippen molar-refractivity contribution in [1.82, 2.24) is 4.72 Å². The van der Waals surface area contributed by atoms with Crippen molar-refractivity contribution in [3.8, 4) is 0 Å². The topological polar surface area (TPSA) is 66.4 Å². The Kier molecular flexibility index (Phi) is 4.90. The third-order valence-electron chi connectivity index (χ3n) is 4.33. The molecule has 1 atom stereocenters. The molecule has 0 spiro atoms. The summed E-state index contributed by atoms with van der Waals surface area (Å²) < 4.78 is 27.8. The van der Waals surface area contributed by atoms with Crippen molar-refractivity contribution in [2.24, 2.45) is 0 Å². The van der Waals surface area contributed by atoms with Gasteiger partial charge in [0.15, 0.2) is 0 Å². The Morgan fingerprint density at radius 2 is 1.52 bits per heavy atom. The summed E-state index contributed by atoms with van der Waals surface area (Å²) in [6.07, 6.45) is -0.926. The lowest BCUT2D eigenvalue weighted by atomic mass is 10.0. The first-order chi connectivity index (χ1) is 11.9. The average molecular weight is 355 g/mol. The molecule has 0 aliphatic heterocycles. The maximum atomic E-state index is 12.7. The maximum absolute atomic E-state index is 12.7. The lowest BCUT2D eigenvalue weighted by Gasteiger charge is -2.16. The van der Waals surface area contributed by atoms with Crippen molar-refractivity contribution in [2.75, 3.05) is 6.54 Å². The largest absolute Gasteiger partial charge is 0.387 e. The van der Waals surface area contributed by atoms with Gasteiger partial charge in [-0.25, -0.2) is 13.1 Å². The Morgan fingerprint density at radius 1 is 0.920 bits per heavy atom. The van der Waals surface area contributed by atoms with E-state index in [0.717, 1.165) is 10.8 Å². The highest BCUT2D eigenvalue weighted by molar-refractivity contribution is 7.89. The number of nitrogens with one attached hydrogen (secondary N) is 1. The van der Waals surface area contributed by atoms with Crippen LogP contribution in [0.1, 0.15) is 22.8 Å². The fourth-order valence-electron chi connectivity index (χ4n) is 3.13. The smallest absolute Gasteiger partial charge is 0.241 e. The van der Waals surface area contributed by atoms with Crippen LogP contribution in [-0.2, 0) is 10.0 Å². The summed E-state index contributed by atoms with van der Waals surface area (Å²) in [4.78, 5) is 0.278. The summed E-state index contributed by atoms with van der Waals surface area (Å²) >= 11 is 0. The molecular weight excluding hydrogens is 334 g/mol. The second-order valence-electron chi connectivity index (χ2n) is 6.16. The minimum atomic E-state index is -3.69. The Bertz CT molecular complexity index is 987. The van der Waals surface area contributed by atoms with Gasteiger partial charge in [-0.05, 0) is 41.3 Å². The molecule has 25 heavy (non-hydrogen) atoms. The highest BCUT2D eigenvalue weighted by Crippen LogP contribution is 2.25. The molecule has 0 aliphatic rings. The summed E-state index contributed by atoms with van der Waals surface area (Å²) in [7, 11) is -3.69. The predicted molar refractivity (Wildman–Crippen MR) is 100 cm³/mol. The van der Waals surface area contributed by atoms with Gasteiger partial charge in [0.25, 0.3) is 0 Å².